The molecule has 0 aromatic heterocycles. The molecule has 0 aliphatic rings. The monoisotopic (exact) mass is 400 g/mol. The van der Waals surface area contributed by atoms with Crippen LogP contribution < -0.4 is 5.32 Å². The highest BCUT2D eigenvalue weighted by atomic mass is 16.2. The highest BCUT2D eigenvalue weighted by Gasteiger charge is 2.25. The molecule has 1 atom stereocenters. The molecular formula is C26H28N2O2. The predicted octanol–water partition coefficient (Wildman–Crippen LogP) is 4.35. The average molecular weight is 401 g/mol. The minimum Gasteiger partial charge on any atom is -0.350 e. The van der Waals surface area contributed by atoms with Gasteiger partial charge in [-0.3, -0.25) is 9.59 Å². The van der Waals surface area contributed by atoms with Crippen molar-refractivity contribution in [2.75, 3.05) is 0 Å². The summed E-state index contributed by atoms with van der Waals surface area (Å²) < 4.78 is 0. The van der Waals surface area contributed by atoms with Gasteiger partial charge in [-0.05, 0) is 30.0 Å². The number of hydrogen-bond donors (Lipinski definition) is 1. The van der Waals surface area contributed by atoms with Crippen LogP contribution in [-0.2, 0) is 29.1 Å². The normalized spacial score (nSPS) is 11.5. The summed E-state index contributed by atoms with van der Waals surface area (Å²) in [5.74, 6) is -0.173. The second-order valence-corrected chi connectivity index (χ2v) is 7.37. The Kier molecular flexibility index (Phi) is 7.78. The number of nitrogens with one attached hydrogen (secondary N) is 1. The number of hydrogen-bond acceptors (Lipinski definition) is 2. The van der Waals surface area contributed by atoms with Gasteiger partial charge < -0.3 is 10.2 Å². The number of carbonyl (C=O) groups is 2. The van der Waals surface area contributed by atoms with Gasteiger partial charge in [0.2, 0.25) is 11.8 Å². The molecular weight excluding hydrogens is 372 g/mol. The van der Waals surface area contributed by atoms with Gasteiger partial charge in [0.05, 0.1) is 0 Å². The zero-order valence-corrected chi connectivity index (χ0v) is 17.3. The maximum Gasteiger partial charge on any atom is 0.242 e. The molecule has 0 aliphatic heterocycles. The topological polar surface area (TPSA) is 49.4 Å². The summed E-state index contributed by atoms with van der Waals surface area (Å²) in [4.78, 5) is 27.6. The Balaban J connectivity index is 1.67. The lowest BCUT2D eigenvalue weighted by Gasteiger charge is -2.29. The van der Waals surface area contributed by atoms with Crippen molar-refractivity contribution in [1.29, 1.82) is 0 Å². The molecule has 3 rings (SSSR count). The first-order valence-corrected chi connectivity index (χ1v) is 10.3. The third-order valence-electron chi connectivity index (χ3n) is 5.14. The lowest BCUT2D eigenvalue weighted by Crippen LogP contribution is -2.47. The van der Waals surface area contributed by atoms with Gasteiger partial charge >= 0.3 is 0 Å². The van der Waals surface area contributed by atoms with Crippen LogP contribution >= 0.6 is 0 Å². The Morgan fingerprint density at radius 3 is 1.83 bits per heavy atom. The number of rotatable bonds is 9. The molecule has 2 amide bonds. The third kappa shape index (κ3) is 6.31. The van der Waals surface area contributed by atoms with Crippen LogP contribution in [0.15, 0.2) is 91.0 Å². The fourth-order valence-corrected chi connectivity index (χ4v) is 3.34. The van der Waals surface area contributed by atoms with E-state index in [9.17, 15) is 9.59 Å². The molecule has 0 radical (unpaired) electrons. The standard InChI is InChI=1S/C26H28N2O2/c1-21(26(30)27-19-23-13-7-3-8-14-23)28(20-24-15-9-4-10-16-24)25(29)18-17-22-11-5-2-6-12-22/h2-16,21H,17-20H2,1H3,(H,27,30). The van der Waals surface area contributed by atoms with Crippen LogP contribution in [-0.4, -0.2) is 22.8 Å². The van der Waals surface area contributed by atoms with Crippen molar-refractivity contribution in [3.63, 3.8) is 0 Å². The quantitative estimate of drug-likeness (QED) is 0.580. The van der Waals surface area contributed by atoms with E-state index in [1.54, 1.807) is 11.8 Å². The van der Waals surface area contributed by atoms with Crippen molar-refractivity contribution in [3.8, 4) is 0 Å². The summed E-state index contributed by atoms with van der Waals surface area (Å²) in [6.45, 7) is 2.65. The smallest absolute Gasteiger partial charge is 0.242 e. The molecule has 0 spiro atoms. The highest BCUT2D eigenvalue weighted by Crippen LogP contribution is 2.13. The first kappa shape index (κ1) is 21.3. The first-order valence-electron chi connectivity index (χ1n) is 10.3. The SMILES string of the molecule is CC(C(=O)NCc1ccccc1)N(Cc1ccccc1)C(=O)CCc1ccccc1. The maximum atomic E-state index is 13.1. The zero-order chi connectivity index (χ0) is 21.2. The number of benzene rings is 3. The molecule has 0 saturated carbocycles. The van der Waals surface area contributed by atoms with Gasteiger partial charge in [0, 0.05) is 19.5 Å². The summed E-state index contributed by atoms with van der Waals surface area (Å²) in [6, 6.07) is 29.0. The second kappa shape index (κ2) is 11.0. The van der Waals surface area contributed by atoms with Gasteiger partial charge in [-0.1, -0.05) is 91.0 Å². The Labute approximate surface area is 178 Å². The van der Waals surface area contributed by atoms with E-state index >= 15 is 0 Å². The van der Waals surface area contributed by atoms with Gasteiger partial charge in [-0.25, -0.2) is 0 Å². The number of amides is 2. The predicted molar refractivity (Wildman–Crippen MR) is 120 cm³/mol. The van der Waals surface area contributed by atoms with Crippen LogP contribution in [0, 0.1) is 0 Å². The van der Waals surface area contributed by atoms with Crippen molar-refractivity contribution >= 4 is 11.8 Å². The molecule has 0 aliphatic carbocycles. The van der Waals surface area contributed by atoms with Crippen LogP contribution in [0.3, 0.4) is 0 Å². The van der Waals surface area contributed by atoms with E-state index in [1.165, 1.54) is 0 Å². The largest absolute Gasteiger partial charge is 0.350 e. The summed E-state index contributed by atoms with van der Waals surface area (Å²) in [5.41, 5.74) is 3.16. The molecule has 0 heterocycles. The van der Waals surface area contributed by atoms with E-state index in [0.29, 0.717) is 25.9 Å². The van der Waals surface area contributed by atoms with Crippen LogP contribution in [0.1, 0.15) is 30.0 Å². The maximum absolute atomic E-state index is 13.1. The lowest BCUT2D eigenvalue weighted by atomic mass is 10.1. The minimum atomic E-state index is -0.558. The van der Waals surface area contributed by atoms with Gasteiger partial charge in [0.1, 0.15) is 6.04 Å². The van der Waals surface area contributed by atoms with E-state index in [4.69, 9.17) is 0 Å². The van der Waals surface area contributed by atoms with E-state index in [-0.39, 0.29) is 11.8 Å². The Hall–Kier alpha value is -3.40. The van der Waals surface area contributed by atoms with Crippen LogP contribution in [0.25, 0.3) is 0 Å². The van der Waals surface area contributed by atoms with E-state index in [1.807, 2.05) is 91.0 Å². The number of nitrogens with zero attached hydrogens (tertiary/aromatic N) is 1. The Morgan fingerprint density at radius 1 is 0.767 bits per heavy atom. The molecule has 3 aromatic carbocycles. The molecule has 0 bridgehead atoms. The molecule has 0 fully saturated rings. The molecule has 3 aromatic rings. The zero-order valence-electron chi connectivity index (χ0n) is 17.3. The summed E-state index contributed by atoms with van der Waals surface area (Å²) in [5, 5.41) is 2.96. The van der Waals surface area contributed by atoms with Gasteiger partial charge in [-0.2, -0.15) is 0 Å². The molecule has 154 valence electrons. The molecule has 30 heavy (non-hydrogen) atoms. The Morgan fingerprint density at radius 2 is 1.27 bits per heavy atom. The van der Waals surface area contributed by atoms with Gasteiger partial charge in [0.15, 0.2) is 0 Å². The van der Waals surface area contributed by atoms with Crippen LogP contribution in [0.5, 0.6) is 0 Å². The molecule has 0 saturated heterocycles. The summed E-state index contributed by atoms with van der Waals surface area (Å²) >= 11 is 0. The average Bonchev–Trinajstić information content (AvgIpc) is 2.81. The van der Waals surface area contributed by atoms with E-state index in [2.05, 4.69) is 5.32 Å². The number of aryl methyl sites for hydroxylation is 1. The van der Waals surface area contributed by atoms with Crippen molar-refractivity contribution in [3.05, 3.63) is 108 Å². The molecule has 4 heteroatoms. The third-order valence-corrected chi connectivity index (χ3v) is 5.14. The highest BCUT2D eigenvalue weighted by molar-refractivity contribution is 5.87. The van der Waals surface area contributed by atoms with E-state index < -0.39 is 6.04 Å². The van der Waals surface area contributed by atoms with Crippen molar-refractivity contribution in [2.45, 2.75) is 38.9 Å². The van der Waals surface area contributed by atoms with Crippen molar-refractivity contribution in [1.82, 2.24) is 10.2 Å². The molecule has 1 N–H and O–H groups in total. The minimum absolute atomic E-state index is 0.0231. The summed E-state index contributed by atoms with van der Waals surface area (Å²) in [7, 11) is 0. The summed E-state index contributed by atoms with van der Waals surface area (Å²) in [6.07, 6.45) is 1.02. The number of carbonyl (C=O) groups excluding carboxylic acids is 2. The van der Waals surface area contributed by atoms with Crippen LogP contribution in [0.2, 0.25) is 0 Å². The fraction of sp³-hybridized carbons (Fsp3) is 0.231. The lowest BCUT2D eigenvalue weighted by molar-refractivity contribution is -0.140. The molecule has 4 nitrogen and oxygen atoms in total. The van der Waals surface area contributed by atoms with Gasteiger partial charge in [0.25, 0.3) is 0 Å². The Bertz CT molecular complexity index is 927. The molecule has 1 unspecified atom stereocenters. The first-order chi connectivity index (χ1) is 14.6. The second-order valence-electron chi connectivity index (χ2n) is 7.37. The van der Waals surface area contributed by atoms with Crippen molar-refractivity contribution in [2.24, 2.45) is 0 Å². The fourth-order valence-electron chi connectivity index (χ4n) is 3.34. The van der Waals surface area contributed by atoms with E-state index in [0.717, 1.165) is 16.7 Å². The van der Waals surface area contributed by atoms with Gasteiger partial charge in [-0.15, -0.1) is 0 Å². The van der Waals surface area contributed by atoms with Crippen molar-refractivity contribution < 1.29 is 9.59 Å². The van der Waals surface area contributed by atoms with Crippen LogP contribution in [0.4, 0.5) is 0 Å².